The van der Waals surface area contributed by atoms with Gasteiger partial charge >= 0.3 is 0 Å². The lowest BCUT2D eigenvalue weighted by molar-refractivity contribution is 0.553. The highest BCUT2D eigenvalue weighted by Gasteiger charge is 1.96. The van der Waals surface area contributed by atoms with Crippen LogP contribution in [0.5, 0.6) is 0 Å². The Bertz CT molecular complexity index is 514. The van der Waals surface area contributed by atoms with Crippen LogP contribution in [0, 0.1) is 11.2 Å². The SMILES string of the molecule is N=Cc1ccc(C=Nc2ccc(F)cc2)o1. The van der Waals surface area contributed by atoms with Crippen molar-refractivity contribution in [3.63, 3.8) is 0 Å². The molecule has 2 rings (SSSR count). The molecule has 16 heavy (non-hydrogen) atoms. The van der Waals surface area contributed by atoms with Gasteiger partial charge in [-0.1, -0.05) is 0 Å². The van der Waals surface area contributed by atoms with Crippen LogP contribution in [0.25, 0.3) is 0 Å². The van der Waals surface area contributed by atoms with Crippen molar-refractivity contribution >= 4 is 18.1 Å². The van der Waals surface area contributed by atoms with Gasteiger partial charge in [0.05, 0.1) is 18.1 Å². The number of benzene rings is 1. The topological polar surface area (TPSA) is 49.4 Å². The molecule has 2 aromatic rings. The number of rotatable bonds is 3. The molecule has 0 radical (unpaired) electrons. The van der Waals surface area contributed by atoms with Crippen molar-refractivity contribution in [1.82, 2.24) is 0 Å². The molecular weight excluding hydrogens is 207 g/mol. The minimum Gasteiger partial charge on any atom is -0.454 e. The van der Waals surface area contributed by atoms with E-state index in [-0.39, 0.29) is 5.82 Å². The maximum Gasteiger partial charge on any atom is 0.145 e. The fourth-order valence-electron chi connectivity index (χ4n) is 1.18. The molecule has 3 nitrogen and oxygen atoms in total. The van der Waals surface area contributed by atoms with Crippen LogP contribution in [-0.2, 0) is 0 Å². The second-order valence-corrected chi connectivity index (χ2v) is 3.12. The Kier molecular flexibility index (Phi) is 2.91. The third-order valence-corrected chi connectivity index (χ3v) is 1.96. The zero-order valence-electron chi connectivity index (χ0n) is 8.35. The normalized spacial score (nSPS) is 10.8. The van der Waals surface area contributed by atoms with E-state index in [1.165, 1.54) is 18.3 Å². The third-order valence-electron chi connectivity index (χ3n) is 1.96. The molecule has 1 aromatic carbocycles. The Morgan fingerprint density at radius 2 is 1.75 bits per heavy atom. The van der Waals surface area contributed by atoms with E-state index in [9.17, 15) is 4.39 Å². The van der Waals surface area contributed by atoms with Crippen molar-refractivity contribution in [3.8, 4) is 0 Å². The summed E-state index contributed by atoms with van der Waals surface area (Å²) in [6.45, 7) is 0. The van der Waals surface area contributed by atoms with Crippen LogP contribution in [0.4, 0.5) is 10.1 Å². The number of hydrogen-bond donors (Lipinski definition) is 1. The van der Waals surface area contributed by atoms with Crippen molar-refractivity contribution in [2.75, 3.05) is 0 Å². The van der Waals surface area contributed by atoms with Gasteiger partial charge in [0.1, 0.15) is 17.3 Å². The molecule has 0 aliphatic rings. The van der Waals surface area contributed by atoms with E-state index in [0.29, 0.717) is 17.2 Å². The van der Waals surface area contributed by atoms with Crippen LogP contribution in [-0.4, -0.2) is 12.4 Å². The second-order valence-electron chi connectivity index (χ2n) is 3.12. The monoisotopic (exact) mass is 216 g/mol. The summed E-state index contributed by atoms with van der Waals surface area (Å²) >= 11 is 0. The summed E-state index contributed by atoms with van der Waals surface area (Å²) in [7, 11) is 0. The van der Waals surface area contributed by atoms with Crippen LogP contribution in [0.1, 0.15) is 11.5 Å². The summed E-state index contributed by atoms with van der Waals surface area (Å²) in [4.78, 5) is 4.10. The van der Waals surface area contributed by atoms with Gasteiger partial charge < -0.3 is 9.83 Å². The molecule has 0 saturated carbocycles. The number of nitrogens with one attached hydrogen (secondary N) is 1. The Balaban J connectivity index is 2.14. The van der Waals surface area contributed by atoms with Crippen molar-refractivity contribution in [2.45, 2.75) is 0 Å². The summed E-state index contributed by atoms with van der Waals surface area (Å²) in [6.07, 6.45) is 2.65. The third kappa shape index (κ3) is 2.42. The number of aliphatic imine (C=N–C) groups is 1. The highest BCUT2D eigenvalue weighted by atomic mass is 19.1. The number of nitrogens with zero attached hydrogens (tertiary/aromatic N) is 1. The molecule has 0 saturated heterocycles. The van der Waals surface area contributed by atoms with Crippen molar-refractivity contribution in [3.05, 3.63) is 53.7 Å². The highest BCUT2D eigenvalue weighted by Crippen LogP contribution is 2.12. The molecule has 0 unspecified atom stereocenters. The lowest BCUT2D eigenvalue weighted by atomic mass is 10.3. The molecule has 0 atom stereocenters. The Labute approximate surface area is 91.8 Å². The lowest BCUT2D eigenvalue weighted by Crippen LogP contribution is -1.75. The molecular formula is C12H9FN2O. The fraction of sp³-hybridized carbons (Fsp3) is 0. The minimum absolute atomic E-state index is 0.289. The van der Waals surface area contributed by atoms with E-state index in [0.717, 1.165) is 6.21 Å². The summed E-state index contributed by atoms with van der Waals surface area (Å²) in [5, 5.41) is 6.97. The average Bonchev–Trinajstić information content (AvgIpc) is 2.76. The van der Waals surface area contributed by atoms with Gasteiger partial charge in [-0.15, -0.1) is 0 Å². The standard InChI is InChI=1S/C12H9FN2O/c13-9-1-3-10(4-2-9)15-8-12-6-5-11(7-14)16-12/h1-8,14H. The van der Waals surface area contributed by atoms with Crippen LogP contribution >= 0.6 is 0 Å². The number of furan rings is 1. The Morgan fingerprint density at radius 1 is 1.06 bits per heavy atom. The molecule has 0 amide bonds. The first-order valence-corrected chi connectivity index (χ1v) is 4.68. The predicted molar refractivity (Wildman–Crippen MR) is 60.2 cm³/mol. The maximum atomic E-state index is 12.6. The quantitative estimate of drug-likeness (QED) is 0.787. The van der Waals surface area contributed by atoms with Gasteiger partial charge in [-0.2, -0.15) is 0 Å². The van der Waals surface area contributed by atoms with Crippen LogP contribution in [0.15, 0.2) is 45.8 Å². The van der Waals surface area contributed by atoms with E-state index in [2.05, 4.69) is 4.99 Å². The average molecular weight is 216 g/mol. The molecule has 80 valence electrons. The minimum atomic E-state index is -0.289. The van der Waals surface area contributed by atoms with Gasteiger partial charge in [0, 0.05) is 0 Å². The maximum absolute atomic E-state index is 12.6. The van der Waals surface area contributed by atoms with Crippen LogP contribution in [0.2, 0.25) is 0 Å². The van der Waals surface area contributed by atoms with Crippen molar-refractivity contribution in [2.24, 2.45) is 4.99 Å². The Hall–Kier alpha value is -2.23. The van der Waals surface area contributed by atoms with Gasteiger partial charge in [0.2, 0.25) is 0 Å². The largest absolute Gasteiger partial charge is 0.454 e. The van der Waals surface area contributed by atoms with Crippen molar-refractivity contribution in [1.29, 1.82) is 5.41 Å². The summed E-state index contributed by atoms with van der Waals surface area (Å²) in [5.74, 6) is 0.742. The van der Waals surface area contributed by atoms with Gasteiger partial charge in [-0.25, -0.2) is 4.39 Å². The lowest BCUT2D eigenvalue weighted by Gasteiger charge is -1.91. The van der Waals surface area contributed by atoms with E-state index in [1.54, 1.807) is 24.3 Å². The molecule has 0 aliphatic carbocycles. The van der Waals surface area contributed by atoms with E-state index >= 15 is 0 Å². The second kappa shape index (κ2) is 4.53. The molecule has 0 bridgehead atoms. The van der Waals surface area contributed by atoms with E-state index in [1.807, 2.05) is 0 Å². The first kappa shape index (κ1) is 10.3. The molecule has 0 fully saturated rings. The zero-order valence-corrected chi connectivity index (χ0v) is 8.35. The molecule has 1 aromatic heterocycles. The van der Waals surface area contributed by atoms with Gasteiger partial charge in [0.25, 0.3) is 0 Å². The molecule has 1 heterocycles. The van der Waals surface area contributed by atoms with Crippen LogP contribution < -0.4 is 0 Å². The number of halogens is 1. The van der Waals surface area contributed by atoms with Gasteiger partial charge in [0.15, 0.2) is 0 Å². The van der Waals surface area contributed by atoms with Crippen LogP contribution in [0.3, 0.4) is 0 Å². The highest BCUT2D eigenvalue weighted by molar-refractivity contribution is 5.81. The summed E-state index contributed by atoms with van der Waals surface area (Å²) < 4.78 is 17.8. The zero-order chi connectivity index (χ0) is 11.4. The molecule has 0 spiro atoms. The first-order valence-electron chi connectivity index (χ1n) is 4.68. The number of hydrogen-bond acceptors (Lipinski definition) is 3. The van der Waals surface area contributed by atoms with Gasteiger partial charge in [-0.05, 0) is 36.4 Å². The summed E-state index contributed by atoms with van der Waals surface area (Å²) in [5.41, 5.74) is 0.647. The fourth-order valence-corrected chi connectivity index (χ4v) is 1.18. The molecule has 1 N–H and O–H groups in total. The Morgan fingerprint density at radius 3 is 2.38 bits per heavy atom. The van der Waals surface area contributed by atoms with Gasteiger partial charge in [-0.3, -0.25) is 4.99 Å². The smallest absolute Gasteiger partial charge is 0.145 e. The van der Waals surface area contributed by atoms with E-state index < -0.39 is 0 Å². The van der Waals surface area contributed by atoms with Crippen molar-refractivity contribution < 1.29 is 8.81 Å². The van der Waals surface area contributed by atoms with E-state index in [4.69, 9.17) is 9.83 Å². The molecule has 4 heteroatoms. The molecule has 0 aliphatic heterocycles. The predicted octanol–water partition coefficient (Wildman–Crippen LogP) is 3.17. The summed E-state index contributed by atoms with van der Waals surface area (Å²) in [6, 6.07) is 9.24. The first-order chi connectivity index (χ1) is 7.78.